The van der Waals surface area contributed by atoms with Gasteiger partial charge >= 0.3 is 12.1 Å². The number of carbonyl (C=O) groups excluding carboxylic acids is 2. The van der Waals surface area contributed by atoms with Crippen LogP contribution < -0.4 is 16.4 Å². The predicted octanol–water partition coefficient (Wildman–Crippen LogP) is 1.42. The van der Waals surface area contributed by atoms with Gasteiger partial charge in [0, 0.05) is 6.54 Å². The van der Waals surface area contributed by atoms with Crippen LogP contribution in [0.25, 0.3) is 0 Å². The lowest BCUT2D eigenvalue weighted by atomic mass is 10.1. The Bertz CT molecular complexity index is 571. The first-order valence-electron chi connectivity index (χ1n) is 8.13. The van der Waals surface area contributed by atoms with E-state index in [1.807, 2.05) is 30.3 Å². The second-order valence-corrected chi connectivity index (χ2v) is 5.66. The number of amides is 2. The Balaban J connectivity index is 0.00000625. The largest absolute Gasteiger partial charge is 0.480 e. The van der Waals surface area contributed by atoms with Crippen LogP contribution in [0.5, 0.6) is 0 Å². The zero-order chi connectivity index (χ0) is 18.7. The Labute approximate surface area is 158 Å². The molecule has 26 heavy (non-hydrogen) atoms. The van der Waals surface area contributed by atoms with Crippen LogP contribution in [-0.4, -0.2) is 41.7 Å². The Morgan fingerprint density at radius 3 is 2.46 bits per heavy atom. The lowest BCUT2D eigenvalue weighted by Gasteiger charge is -2.14. The number of hydrogen-bond acceptors (Lipinski definition) is 5. The van der Waals surface area contributed by atoms with Crippen LogP contribution in [0.1, 0.15) is 31.7 Å². The number of carboxylic acids is 1. The first-order valence-corrected chi connectivity index (χ1v) is 8.13. The lowest BCUT2D eigenvalue weighted by Crippen LogP contribution is -2.47. The quantitative estimate of drug-likeness (QED) is 0.449. The van der Waals surface area contributed by atoms with Gasteiger partial charge in [-0.15, -0.1) is 12.4 Å². The molecule has 0 aliphatic heterocycles. The van der Waals surface area contributed by atoms with Crippen LogP contribution in [-0.2, 0) is 20.9 Å². The minimum absolute atomic E-state index is 0. The summed E-state index contributed by atoms with van der Waals surface area (Å²) in [6.45, 7) is 1.99. The van der Waals surface area contributed by atoms with Crippen LogP contribution in [0.15, 0.2) is 30.3 Å². The fraction of sp³-hybridized carbons (Fsp3) is 0.471. The molecule has 8 nitrogen and oxygen atoms in total. The molecule has 0 saturated heterocycles. The fourth-order valence-corrected chi connectivity index (χ4v) is 1.97. The number of rotatable bonds is 10. The molecule has 5 N–H and O–H groups in total. The predicted molar refractivity (Wildman–Crippen MR) is 98.9 cm³/mol. The minimum atomic E-state index is -1.11. The van der Waals surface area contributed by atoms with Crippen molar-refractivity contribution in [1.29, 1.82) is 0 Å². The third-order valence-corrected chi connectivity index (χ3v) is 3.49. The van der Waals surface area contributed by atoms with Crippen LogP contribution in [0.2, 0.25) is 0 Å². The molecule has 9 heteroatoms. The molecule has 0 bridgehead atoms. The molecule has 0 saturated carbocycles. The highest BCUT2D eigenvalue weighted by Gasteiger charge is 2.18. The number of carboxylic acid groups (broad SMARTS) is 1. The van der Waals surface area contributed by atoms with E-state index in [0.717, 1.165) is 5.56 Å². The van der Waals surface area contributed by atoms with Crippen molar-refractivity contribution in [3.05, 3.63) is 35.9 Å². The normalized spacial score (nSPS) is 12.2. The van der Waals surface area contributed by atoms with Gasteiger partial charge in [-0.3, -0.25) is 9.59 Å². The number of alkyl carbamates (subject to hydrolysis) is 1. The molecular weight excluding hydrogens is 362 g/mol. The Kier molecular flexibility index (Phi) is 11.8. The molecule has 0 aliphatic rings. The zero-order valence-corrected chi connectivity index (χ0v) is 15.5. The Hall–Kier alpha value is -2.32. The minimum Gasteiger partial charge on any atom is -0.480 e. The van der Waals surface area contributed by atoms with Crippen LogP contribution in [0, 0.1) is 0 Å². The molecule has 0 heterocycles. The molecule has 0 aliphatic carbocycles. The van der Waals surface area contributed by atoms with Gasteiger partial charge in [0.1, 0.15) is 12.6 Å². The summed E-state index contributed by atoms with van der Waals surface area (Å²) in [5.41, 5.74) is 6.61. The number of ether oxygens (including phenoxy) is 1. The maximum Gasteiger partial charge on any atom is 0.407 e. The van der Waals surface area contributed by atoms with E-state index in [4.69, 9.17) is 15.6 Å². The van der Waals surface area contributed by atoms with Crippen molar-refractivity contribution in [3.8, 4) is 0 Å². The molecule has 2 atom stereocenters. The van der Waals surface area contributed by atoms with Gasteiger partial charge in [0.25, 0.3) is 0 Å². The third-order valence-electron chi connectivity index (χ3n) is 3.49. The molecule has 2 amide bonds. The van der Waals surface area contributed by atoms with Gasteiger partial charge in [0.05, 0.1) is 6.04 Å². The van der Waals surface area contributed by atoms with Crippen molar-refractivity contribution in [1.82, 2.24) is 10.6 Å². The molecule has 1 aromatic carbocycles. The summed E-state index contributed by atoms with van der Waals surface area (Å²) in [6, 6.07) is 7.61. The maximum atomic E-state index is 11.7. The molecule has 1 rings (SSSR count). The maximum absolute atomic E-state index is 11.7. The monoisotopic (exact) mass is 387 g/mol. The summed E-state index contributed by atoms with van der Waals surface area (Å²) in [5, 5.41) is 13.7. The second-order valence-electron chi connectivity index (χ2n) is 5.66. The summed E-state index contributed by atoms with van der Waals surface area (Å²) in [5.74, 6) is -1.61. The summed E-state index contributed by atoms with van der Waals surface area (Å²) in [7, 11) is 0. The molecule has 146 valence electrons. The molecule has 0 radical (unpaired) electrons. The van der Waals surface area contributed by atoms with E-state index in [-0.39, 0.29) is 19.0 Å². The highest BCUT2D eigenvalue weighted by atomic mass is 35.5. The highest BCUT2D eigenvalue weighted by molar-refractivity contribution is 5.86. The molecule has 0 unspecified atom stereocenters. The first-order chi connectivity index (χ1) is 11.9. The Morgan fingerprint density at radius 2 is 1.85 bits per heavy atom. The van der Waals surface area contributed by atoms with Gasteiger partial charge in [-0.1, -0.05) is 30.3 Å². The molecular formula is C17H26ClN3O5. The number of hydrogen-bond donors (Lipinski definition) is 4. The van der Waals surface area contributed by atoms with Crippen LogP contribution >= 0.6 is 12.4 Å². The van der Waals surface area contributed by atoms with Gasteiger partial charge in [-0.05, 0) is 31.7 Å². The summed E-state index contributed by atoms with van der Waals surface area (Å²) < 4.78 is 5.07. The topological polar surface area (TPSA) is 131 Å². The molecule has 0 fully saturated rings. The average Bonchev–Trinajstić information content (AvgIpc) is 2.60. The number of carbonyl (C=O) groups is 3. The van der Waals surface area contributed by atoms with Gasteiger partial charge < -0.3 is 26.2 Å². The van der Waals surface area contributed by atoms with E-state index in [2.05, 4.69) is 10.6 Å². The number of halogens is 1. The van der Waals surface area contributed by atoms with E-state index in [0.29, 0.717) is 25.8 Å². The number of nitrogens with two attached hydrogens (primary N) is 1. The van der Waals surface area contributed by atoms with Crippen molar-refractivity contribution in [2.45, 2.75) is 44.9 Å². The van der Waals surface area contributed by atoms with Crippen LogP contribution in [0.3, 0.4) is 0 Å². The van der Waals surface area contributed by atoms with E-state index in [1.165, 1.54) is 6.92 Å². The average molecular weight is 388 g/mol. The lowest BCUT2D eigenvalue weighted by molar-refractivity contribution is -0.141. The van der Waals surface area contributed by atoms with Crippen molar-refractivity contribution in [2.24, 2.45) is 5.73 Å². The number of nitrogens with one attached hydrogen (secondary N) is 2. The van der Waals surface area contributed by atoms with Crippen molar-refractivity contribution in [2.75, 3.05) is 6.54 Å². The molecule has 0 aromatic heterocycles. The third kappa shape index (κ3) is 9.85. The standard InChI is InChI=1S/C17H25N3O5.ClH/c1-12(16(22)23)20-15(21)14(18)9-5-6-10-19-17(24)25-11-13-7-3-2-4-8-13;/h2-4,7-8,12,14H,5-6,9-11,18H2,1H3,(H,19,24)(H,20,21)(H,22,23);1H/t12-,14+;/m1./s1. The Morgan fingerprint density at radius 1 is 1.19 bits per heavy atom. The first kappa shape index (κ1) is 23.7. The highest BCUT2D eigenvalue weighted by Crippen LogP contribution is 2.02. The van der Waals surface area contributed by atoms with Gasteiger partial charge in [-0.25, -0.2) is 4.79 Å². The molecule has 0 spiro atoms. The fourth-order valence-electron chi connectivity index (χ4n) is 1.97. The van der Waals surface area contributed by atoms with Gasteiger partial charge in [-0.2, -0.15) is 0 Å². The summed E-state index contributed by atoms with van der Waals surface area (Å²) >= 11 is 0. The smallest absolute Gasteiger partial charge is 0.407 e. The van der Waals surface area contributed by atoms with Gasteiger partial charge in [0.15, 0.2) is 0 Å². The zero-order valence-electron chi connectivity index (χ0n) is 14.6. The van der Waals surface area contributed by atoms with Crippen molar-refractivity contribution >= 4 is 30.4 Å². The van der Waals surface area contributed by atoms with Crippen molar-refractivity contribution in [3.63, 3.8) is 0 Å². The summed E-state index contributed by atoms with van der Waals surface area (Å²) in [4.78, 5) is 33.8. The summed E-state index contributed by atoms with van der Waals surface area (Å²) in [6.07, 6.45) is 1.16. The number of aliphatic carboxylic acids is 1. The second kappa shape index (κ2) is 13.0. The van der Waals surface area contributed by atoms with E-state index in [1.54, 1.807) is 0 Å². The van der Waals surface area contributed by atoms with Gasteiger partial charge in [0.2, 0.25) is 5.91 Å². The molecule has 1 aromatic rings. The number of unbranched alkanes of at least 4 members (excludes halogenated alkanes) is 1. The van der Waals surface area contributed by atoms with E-state index >= 15 is 0 Å². The van der Waals surface area contributed by atoms with Crippen molar-refractivity contribution < 1.29 is 24.2 Å². The number of benzene rings is 1. The van der Waals surface area contributed by atoms with E-state index < -0.39 is 30.1 Å². The van der Waals surface area contributed by atoms with Crippen LogP contribution in [0.4, 0.5) is 4.79 Å². The SMILES string of the molecule is C[C@@H](NC(=O)[C@@H](N)CCCCNC(=O)OCc1ccccc1)C(=O)O.Cl. The van der Waals surface area contributed by atoms with E-state index in [9.17, 15) is 14.4 Å².